The van der Waals surface area contributed by atoms with E-state index in [-0.39, 0.29) is 12.5 Å². The number of para-hydroxylation sites is 1. The number of hydrogen-bond donors (Lipinski definition) is 1. The maximum atomic E-state index is 12.2. The van der Waals surface area contributed by atoms with E-state index < -0.39 is 0 Å². The molecule has 0 fully saturated rings. The summed E-state index contributed by atoms with van der Waals surface area (Å²) in [6.45, 7) is 0.823. The van der Waals surface area contributed by atoms with E-state index in [1.807, 2.05) is 66.5 Å². The van der Waals surface area contributed by atoms with Crippen molar-refractivity contribution in [2.24, 2.45) is 0 Å². The van der Waals surface area contributed by atoms with Crippen molar-refractivity contribution in [3.63, 3.8) is 0 Å². The van der Waals surface area contributed by atoms with Crippen LogP contribution in [-0.4, -0.2) is 29.4 Å². The molecular weight excluding hydrogens is 322 g/mol. The number of likely N-dealkylation sites (N-methyl/N-ethyl adjacent to an activating group) is 1. The first kappa shape index (κ1) is 16.4. The highest BCUT2D eigenvalue weighted by Gasteiger charge is 2.12. The molecular formula is C19H18ClN3O. The molecule has 0 atom stereocenters. The molecule has 1 aromatic heterocycles. The van der Waals surface area contributed by atoms with E-state index in [2.05, 4.69) is 10.3 Å². The molecule has 0 aliphatic rings. The lowest BCUT2D eigenvalue weighted by Gasteiger charge is -2.18. The molecule has 4 nitrogen and oxygen atoms in total. The molecule has 0 radical (unpaired) electrons. The Hall–Kier alpha value is -2.43. The van der Waals surface area contributed by atoms with Crippen LogP contribution in [0.25, 0.3) is 10.9 Å². The molecule has 1 heterocycles. The van der Waals surface area contributed by atoms with Crippen molar-refractivity contribution in [2.45, 2.75) is 6.54 Å². The molecule has 1 amide bonds. The Kier molecular flexibility index (Phi) is 5.08. The number of hydrogen-bond acceptors (Lipinski definition) is 3. The van der Waals surface area contributed by atoms with Gasteiger partial charge in [0.25, 0.3) is 0 Å². The van der Waals surface area contributed by atoms with Gasteiger partial charge >= 0.3 is 0 Å². The van der Waals surface area contributed by atoms with Crippen LogP contribution in [0.4, 0.5) is 5.69 Å². The number of benzene rings is 2. The Morgan fingerprint density at radius 1 is 1.12 bits per heavy atom. The predicted octanol–water partition coefficient (Wildman–Crippen LogP) is 3.96. The zero-order chi connectivity index (χ0) is 16.9. The summed E-state index contributed by atoms with van der Waals surface area (Å²) in [5.74, 6) is -0.0620. The summed E-state index contributed by atoms with van der Waals surface area (Å²) < 4.78 is 0. The highest BCUT2D eigenvalue weighted by molar-refractivity contribution is 6.32. The van der Waals surface area contributed by atoms with Crippen LogP contribution in [0.15, 0.2) is 60.8 Å². The summed E-state index contributed by atoms with van der Waals surface area (Å²) in [5, 5.41) is 4.59. The molecule has 0 aliphatic heterocycles. The number of pyridine rings is 1. The fraction of sp³-hybridized carbons (Fsp3) is 0.158. The lowest BCUT2D eigenvalue weighted by molar-refractivity contribution is -0.117. The van der Waals surface area contributed by atoms with E-state index in [0.29, 0.717) is 11.6 Å². The first-order chi connectivity index (χ1) is 11.6. The largest absolute Gasteiger partial charge is 0.325 e. The third-order valence-corrected chi connectivity index (χ3v) is 4.08. The van der Waals surface area contributed by atoms with Crippen LogP contribution in [0.3, 0.4) is 0 Å². The van der Waals surface area contributed by atoms with Gasteiger partial charge in [-0.2, -0.15) is 0 Å². The Bertz CT molecular complexity index is 852. The summed E-state index contributed by atoms with van der Waals surface area (Å²) in [6.07, 6.45) is 1.75. The average Bonchev–Trinajstić information content (AvgIpc) is 2.58. The van der Waals surface area contributed by atoms with Crippen LogP contribution in [0, 0.1) is 0 Å². The molecule has 1 N–H and O–H groups in total. The molecule has 3 rings (SSSR count). The van der Waals surface area contributed by atoms with Crippen LogP contribution in [-0.2, 0) is 11.3 Å². The number of rotatable bonds is 5. The smallest absolute Gasteiger partial charge is 0.238 e. The Morgan fingerprint density at radius 2 is 1.92 bits per heavy atom. The van der Waals surface area contributed by atoms with Gasteiger partial charge in [0, 0.05) is 34.4 Å². The third kappa shape index (κ3) is 3.91. The summed E-state index contributed by atoms with van der Waals surface area (Å²) in [4.78, 5) is 18.5. The van der Waals surface area contributed by atoms with Gasteiger partial charge in [0.15, 0.2) is 0 Å². The van der Waals surface area contributed by atoms with Crippen LogP contribution in [0.5, 0.6) is 0 Å². The van der Waals surface area contributed by atoms with E-state index in [9.17, 15) is 4.79 Å². The monoisotopic (exact) mass is 339 g/mol. The average molecular weight is 340 g/mol. The molecule has 122 valence electrons. The second-order valence-corrected chi connectivity index (χ2v) is 6.09. The highest BCUT2D eigenvalue weighted by Crippen LogP contribution is 2.25. The van der Waals surface area contributed by atoms with Gasteiger partial charge in [0.05, 0.1) is 12.1 Å². The molecule has 0 saturated heterocycles. The molecule has 0 aliphatic carbocycles. The predicted molar refractivity (Wildman–Crippen MR) is 98.2 cm³/mol. The van der Waals surface area contributed by atoms with Crippen molar-refractivity contribution < 1.29 is 4.79 Å². The third-order valence-electron chi connectivity index (χ3n) is 3.72. The molecule has 24 heavy (non-hydrogen) atoms. The van der Waals surface area contributed by atoms with Gasteiger partial charge in [-0.25, -0.2) is 0 Å². The number of anilines is 1. The minimum atomic E-state index is -0.0620. The number of carbonyl (C=O) groups is 1. The van der Waals surface area contributed by atoms with E-state index in [0.717, 1.165) is 22.2 Å². The number of carbonyl (C=O) groups excluding carboxylic acids is 1. The Balaban J connectivity index is 1.70. The van der Waals surface area contributed by atoms with Crippen molar-refractivity contribution in [1.82, 2.24) is 9.88 Å². The van der Waals surface area contributed by atoms with Crippen molar-refractivity contribution >= 4 is 34.1 Å². The van der Waals surface area contributed by atoms with Crippen molar-refractivity contribution in [3.8, 4) is 0 Å². The second kappa shape index (κ2) is 7.43. The first-order valence-corrected chi connectivity index (χ1v) is 8.07. The minimum Gasteiger partial charge on any atom is -0.325 e. The molecule has 0 bridgehead atoms. The van der Waals surface area contributed by atoms with E-state index in [4.69, 9.17) is 11.6 Å². The Labute approximate surface area is 146 Å². The zero-order valence-electron chi connectivity index (χ0n) is 13.4. The number of nitrogens with one attached hydrogen (secondary N) is 1. The Morgan fingerprint density at radius 3 is 2.71 bits per heavy atom. The number of aromatic nitrogens is 1. The molecule has 0 unspecified atom stereocenters. The number of amides is 1. The summed E-state index contributed by atoms with van der Waals surface area (Å²) in [5.41, 5.74) is 2.60. The number of fused-ring (bicyclic) bond motifs is 1. The summed E-state index contributed by atoms with van der Waals surface area (Å²) in [7, 11) is 1.89. The summed E-state index contributed by atoms with van der Waals surface area (Å²) >= 11 is 6.35. The van der Waals surface area contributed by atoms with E-state index >= 15 is 0 Å². The first-order valence-electron chi connectivity index (χ1n) is 7.69. The fourth-order valence-corrected chi connectivity index (χ4v) is 2.84. The molecule has 2 aromatic carbocycles. The van der Waals surface area contributed by atoms with Crippen molar-refractivity contribution in [1.29, 1.82) is 0 Å². The fourth-order valence-electron chi connectivity index (χ4n) is 2.62. The molecule has 5 heteroatoms. The van der Waals surface area contributed by atoms with Crippen LogP contribution < -0.4 is 5.32 Å². The van der Waals surface area contributed by atoms with Gasteiger partial charge in [0.1, 0.15) is 0 Å². The lowest BCUT2D eigenvalue weighted by atomic mass is 10.1. The van der Waals surface area contributed by atoms with Gasteiger partial charge in [-0.3, -0.25) is 14.7 Å². The lowest BCUT2D eigenvalue weighted by Crippen LogP contribution is -2.30. The number of halogens is 1. The quantitative estimate of drug-likeness (QED) is 0.765. The van der Waals surface area contributed by atoms with Crippen molar-refractivity contribution in [3.05, 3.63) is 71.4 Å². The van der Waals surface area contributed by atoms with Gasteiger partial charge in [-0.15, -0.1) is 0 Å². The van der Waals surface area contributed by atoms with Gasteiger partial charge < -0.3 is 5.32 Å². The minimum absolute atomic E-state index is 0.0620. The molecule has 3 aromatic rings. The SMILES string of the molecule is CN(CC(=O)Nc1ccccc1)Cc1c(Cl)ccc2cccnc12. The maximum absolute atomic E-state index is 12.2. The van der Waals surface area contributed by atoms with Crippen molar-refractivity contribution in [2.75, 3.05) is 18.9 Å². The van der Waals surface area contributed by atoms with Gasteiger partial charge in [-0.1, -0.05) is 41.9 Å². The normalized spacial score (nSPS) is 11.0. The summed E-state index contributed by atoms with van der Waals surface area (Å²) in [6, 6.07) is 17.2. The van der Waals surface area contributed by atoms with Crippen LogP contribution in [0.2, 0.25) is 5.02 Å². The van der Waals surface area contributed by atoms with Crippen LogP contribution >= 0.6 is 11.6 Å². The maximum Gasteiger partial charge on any atom is 0.238 e. The molecule has 0 saturated carbocycles. The van der Waals surface area contributed by atoms with Gasteiger partial charge in [-0.05, 0) is 31.3 Å². The zero-order valence-corrected chi connectivity index (χ0v) is 14.1. The standard InChI is InChI=1S/C19H18ClN3O/c1-23(13-18(24)22-15-7-3-2-4-8-15)12-16-17(20)10-9-14-6-5-11-21-19(14)16/h2-11H,12-13H2,1H3,(H,22,24). The van der Waals surface area contributed by atoms with Gasteiger partial charge in [0.2, 0.25) is 5.91 Å². The highest BCUT2D eigenvalue weighted by atomic mass is 35.5. The molecule has 0 spiro atoms. The topological polar surface area (TPSA) is 45.2 Å². The van der Waals surface area contributed by atoms with Crippen LogP contribution in [0.1, 0.15) is 5.56 Å². The van der Waals surface area contributed by atoms with E-state index in [1.165, 1.54) is 0 Å². The van der Waals surface area contributed by atoms with E-state index in [1.54, 1.807) is 6.20 Å². The number of nitrogens with zero attached hydrogens (tertiary/aromatic N) is 2. The second-order valence-electron chi connectivity index (χ2n) is 5.69.